The van der Waals surface area contributed by atoms with E-state index in [1.165, 1.54) is 5.56 Å². The summed E-state index contributed by atoms with van der Waals surface area (Å²) in [4.78, 5) is 13.7. The summed E-state index contributed by atoms with van der Waals surface area (Å²) in [6.45, 7) is 4.74. The lowest BCUT2D eigenvalue weighted by molar-refractivity contribution is 0.106. The number of likely N-dealkylation sites (tertiary alicyclic amines) is 1. The highest BCUT2D eigenvalue weighted by Crippen LogP contribution is 2.44. The highest BCUT2D eigenvalue weighted by Gasteiger charge is 2.46. The number of methoxy groups -OCH3 is 1. The number of rotatable bonds is 5. The van der Waals surface area contributed by atoms with Crippen LogP contribution in [0.5, 0.6) is 0 Å². The highest BCUT2D eigenvalue weighted by atomic mass is 19.1. The van der Waals surface area contributed by atoms with Gasteiger partial charge in [0.15, 0.2) is 0 Å². The van der Waals surface area contributed by atoms with Crippen LogP contribution in [-0.2, 0) is 11.3 Å². The van der Waals surface area contributed by atoms with E-state index in [0.29, 0.717) is 18.1 Å². The Morgan fingerprint density at radius 3 is 2.52 bits per heavy atom. The summed E-state index contributed by atoms with van der Waals surface area (Å²) in [7, 11) is 1.76. The van der Waals surface area contributed by atoms with Crippen LogP contribution in [0.4, 0.5) is 10.3 Å². The molecule has 2 aliphatic rings. The van der Waals surface area contributed by atoms with E-state index in [4.69, 9.17) is 4.74 Å². The van der Waals surface area contributed by atoms with Crippen molar-refractivity contribution in [2.45, 2.75) is 31.8 Å². The lowest BCUT2D eigenvalue weighted by atomic mass is 9.76. The van der Waals surface area contributed by atoms with Crippen molar-refractivity contribution < 1.29 is 9.13 Å². The largest absolute Gasteiger partial charge is 0.383 e. The minimum atomic E-state index is -0.172. The summed E-state index contributed by atoms with van der Waals surface area (Å²) < 4.78 is 18.6. The van der Waals surface area contributed by atoms with Gasteiger partial charge in [-0.25, -0.2) is 14.4 Å². The molecule has 2 saturated heterocycles. The molecule has 5 nitrogen and oxygen atoms in total. The number of anilines is 1. The van der Waals surface area contributed by atoms with Gasteiger partial charge >= 0.3 is 0 Å². The van der Waals surface area contributed by atoms with Crippen molar-refractivity contribution in [2.75, 3.05) is 38.3 Å². The van der Waals surface area contributed by atoms with Gasteiger partial charge in [-0.1, -0.05) is 12.1 Å². The van der Waals surface area contributed by atoms with E-state index in [1.807, 2.05) is 30.6 Å². The third-order valence-corrected chi connectivity index (χ3v) is 6.02. The van der Waals surface area contributed by atoms with Crippen molar-refractivity contribution in [1.82, 2.24) is 14.9 Å². The van der Waals surface area contributed by atoms with Crippen LogP contribution in [0.15, 0.2) is 42.7 Å². The van der Waals surface area contributed by atoms with Crippen molar-refractivity contribution in [3.63, 3.8) is 0 Å². The van der Waals surface area contributed by atoms with Crippen molar-refractivity contribution in [2.24, 2.45) is 5.41 Å². The van der Waals surface area contributed by atoms with Crippen molar-refractivity contribution in [3.8, 4) is 0 Å². The molecule has 1 atom stereocenters. The molecule has 6 heteroatoms. The summed E-state index contributed by atoms with van der Waals surface area (Å²) in [6.07, 6.45) is 7.07. The predicted molar refractivity (Wildman–Crippen MR) is 103 cm³/mol. The molecule has 4 rings (SSSR count). The highest BCUT2D eigenvalue weighted by molar-refractivity contribution is 5.35. The van der Waals surface area contributed by atoms with E-state index in [-0.39, 0.29) is 5.82 Å². The first-order valence-electron chi connectivity index (χ1n) is 9.67. The fraction of sp³-hybridized carbons (Fsp3) is 0.524. The molecule has 3 heterocycles. The molecule has 0 N–H and O–H groups in total. The molecule has 1 aromatic carbocycles. The molecule has 0 aliphatic carbocycles. The van der Waals surface area contributed by atoms with Crippen LogP contribution in [-0.4, -0.2) is 54.3 Å². The molecule has 0 bridgehead atoms. The molecule has 0 saturated carbocycles. The maximum absolute atomic E-state index is 13.1. The first kappa shape index (κ1) is 18.3. The fourth-order valence-electron chi connectivity index (χ4n) is 4.58. The van der Waals surface area contributed by atoms with E-state index < -0.39 is 0 Å². The average molecular weight is 370 g/mol. The normalized spacial score (nSPS) is 22.4. The number of halogens is 1. The van der Waals surface area contributed by atoms with Gasteiger partial charge in [-0.05, 0) is 61.5 Å². The monoisotopic (exact) mass is 370 g/mol. The van der Waals surface area contributed by atoms with Gasteiger partial charge in [0.25, 0.3) is 0 Å². The predicted octanol–water partition coefficient (Wildman–Crippen LogP) is 3.12. The average Bonchev–Trinajstić information content (AvgIpc) is 3.05. The second-order valence-electron chi connectivity index (χ2n) is 7.89. The van der Waals surface area contributed by atoms with Gasteiger partial charge in [-0.2, -0.15) is 0 Å². The van der Waals surface area contributed by atoms with Gasteiger partial charge in [-0.3, -0.25) is 4.90 Å². The van der Waals surface area contributed by atoms with Crippen LogP contribution in [0.1, 0.15) is 24.8 Å². The number of hydrogen-bond donors (Lipinski definition) is 0. The molecule has 144 valence electrons. The Morgan fingerprint density at radius 2 is 1.85 bits per heavy atom. The molecule has 0 unspecified atom stereocenters. The molecule has 2 aliphatic heterocycles. The first-order chi connectivity index (χ1) is 13.2. The standard InChI is InChI=1S/C21H27FN4O/c1-27-15-19-13-21(16-26(19)20-23-9-2-10-24-20)7-11-25(12-8-21)14-17-3-5-18(22)6-4-17/h2-6,9-10,19H,7-8,11-16H2,1H3/t19-/m1/s1. The maximum atomic E-state index is 13.1. The molecular weight excluding hydrogens is 343 g/mol. The van der Waals surface area contributed by atoms with Gasteiger partial charge < -0.3 is 9.64 Å². The van der Waals surface area contributed by atoms with Gasteiger partial charge in [0, 0.05) is 32.6 Å². The lowest BCUT2D eigenvalue weighted by Gasteiger charge is -2.39. The van der Waals surface area contributed by atoms with Crippen LogP contribution in [0.25, 0.3) is 0 Å². The molecule has 0 amide bonds. The van der Waals surface area contributed by atoms with Crippen molar-refractivity contribution in [3.05, 3.63) is 54.1 Å². The van der Waals surface area contributed by atoms with Crippen LogP contribution in [0, 0.1) is 11.2 Å². The minimum absolute atomic E-state index is 0.172. The summed E-state index contributed by atoms with van der Waals surface area (Å²) in [6, 6.07) is 9.06. The maximum Gasteiger partial charge on any atom is 0.225 e. The van der Waals surface area contributed by atoms with Crippen molar-refractivity contribution in [1.29, 1.82) is 0 Å². The van der Waals surface area contributed by atoms with Gasteiger partial charge in [0.05, 0.1) is 12.6 Å². The Bertz CT molecular complexity index is 732. The number of hydrogen-bond acceptors (Lipinski definition) is 5. The summed E-state index contributed by atoms with van der Waals surface area (Å²) in [5, 5.41) is 0. The molecule has 1 aromatic heterocycles. The molecule has 2 fully saturated rings. The van der Waals surface area contributed by atoms with E-state index in [2.05, 4.69) is 19.8 Å². The summed E-state index contributed by atoms with van der Waals surface area (Å²) in [5.74, 6) is 0.639. The van der Waals surface area contributed by atoms with E-state index in [0.717, 1.165) is 51.4 Å². The number of benzene rings is 1. The van der Waals surface area contributed by atoms with Crippen LogP contribution in [0.3, 0.4) is 0 Å². The Hall–Kier alpha value is -2.05. The van der Waals surface area contributed by atoms with Crippen LogP contribution >= 0.6 is 0 Å². The topological polar surface area (TPSA) is 41.5 Å². The summed E-state index contributed by atoms with van der Waals surface area (Å²) >= 11 is 0. The number of ether oxygens (including phenoxy) is 1. The zero-order chi connectivity index (χ0) is 18.7. The van der Waals surface area contributed by atoms with E-state index >= 15 is 0 Å². The fourth-order valence-corrected chi connectivity index (χ4v) is 4.58. The van der Waals surface area contributed by atoms with Gasteiger partial charge in [-0.15, -0.1) is 0 Å². The quantitative estimate of drug-likeness (QED) is 0.809. The van der Waals surface area contributed by atoms with Crippen LogP contribution < -0.4 is 4.90 Å². The van der Waals surface area contributed by atoms with Gasteiger partial charge in [0.2, 0.25) is 5.95 Å². The minimum Gasteiger partial charge on any atom is -0.383 e. The van der Waals surface area contributed by atoms with E-state index in [9.17, 15) is 4.39 Å². The SMILES string of the molecule is COC[C@H]1CC2(CCN(Cc3ccc(F)cc3)CC2)CN1c1ncccn1. The number of piperidine rings is 1. The first-order valence-corrected chi connectivity index (χ1v) is 9.67. The zero-order valence-electron chi connectivity index (χ0n) is 15.9. The van der Waals surface area contributed by atoms with Gasteiger partial charge in [0.1, 0.15) is 5.82 Å². The molecule has 27 heavy (non-hydrogen) atoms. The molecule has 1 spiro atoms. The Labute approximate surface area is 160 Å². The Kier molecular flexibility index (Phi) is 5.36. The lowest BCUT2D eigenvalue weighted by Crippen LogP contribution is -2.41. The molecule has 2 aromatic rings. The Morgan fingerprint density at radius 1 is 1.15 bits per heavy atom. The third-order valence-electron chi connectivity index (χ3n) is 6.02. The Balaban J connectivity index is 1.40. The van der Waals surface area contributed by atoms with Crippen LogP contribution in [0.2, 0.25) is 0 Å². The van der Waals surface area contributed by atoms with E-state index in [1.54, 1.807) is 19.2 Å². The summed E-state index contributed by atoms with van der Waals surface area (Å²) in [5.41, 5.74) is 1.48. The van der Waals surface area contributed by atoms with Crippen molar-refractivity contribution >= 4 is 5.95 Å². The smallest absolute Gasteiger partial charge is 0.225 e. The second kappa shape index (κ2) is 7.90. The zero-order valence-corrected chi connectivity index (χ0v) is 15.9. The molecule has 0 radical (unpaired) electrons. The molecular formula is C21H27FN4O. The number of nitrogens with zero attached hydrogens (tertiary/aromatic N) is 4. The number of aromatic nitrogens is 2. The second-order valence-corrected chi connectivity index (χ2v) is 7.89. The third kappa shape index (κ3) is 4.12.